The third-order valence-electron chi connectivity index (χ3n) is 4.01. The zero-order valence-corrected chi connectivity index (χ0v) is 14.4. The Morgan fingerprint density at radius 2 is 2.21 bits per heavy atom. The number of carbonyl (C=O) groups is 2. The molecule has 24 heavy (non-hydrogen) atoms. The predicted molar refractivity (Wildman–Crippen MR) is 88.7 cm³/mol. The fourth-order valence-electron chi connectivity index (χ4n) is 2.80. The molecule has 1 saturated heterocycles. The molecule has 0 radical (unpaired) electrons. The molecule has 1 aliphatic heterocycles. The van der Waals surface area contributed by atoms with Gasteiger partial charge in [0.05, 0.1) is 6.26 Å². The minimum absolute atomic E-state index is 0.0728. The van der Waals surface area contributed by atoms with Gasteiger partial charge in [0.2, 0.25) is 5.91 Å². The number of hydrogen-bond acceptors (Lipinski definition) is 3. The van der Waals surface area contributed by atoms with Gasteiger partial charge in [-0.25, -0.2) is 4.39 Å². The van der Waals surface area contributed by atoms with Crippen LogP contribution in [0.15, 0.2) is 45.5 Å². The summed E-state index contributed by atoms with van der Waals surface area (Å²) in [4.78, 5) is 26.3. The molecular weight excluding hydrogens is 379 g/mol. The van der Waals surface area contributed by atoms with Gasteiger partial charge in [-0.2, -0.15) is 0 Å². The molecule has 1 aliphatic rings. The van der Waals surface area contributed by atoms with Gasteiger partial charge in [0.15, 0.2) is 5.76 Å². The number of carbonyl (C=O) groups excluding carboxylic acids is 2. The average Bonchev–Trinajstić information content (AvgIpc) is 3.26. The SMILES string of the molecule is O=C(NCc1cc(Br)ccc1F)C1CCCN1C(=O)c1ccco1. The van der Waals surface area contributed by atoms with Crippen LogP contribution in [0.4, 0.5) is 4.39 Å². The molecule has 2 aromatic rings. The minimum atomic E-state index is -0.558. The van der Waals surface area contributed by atoms with Crippen molar-refractivity contribution in [2.75, 3.05) is 6.54 Å². The maximum absolute atomic E-state index is 13.7. The number of amides is 2. The molecule has 1 fully saturated rings. The number of hydrogen-bond donors (Lipinski definition) is 1. The first-order valence-electron chi connectivity index (χ1n) is 7.62. The van der Waals surface area contributed by atoms with E-state index >= 15 is 0 Å². The minimum Gasteiger partial charge on any atom is -0.459 e. The second-order valence-corrected chi connectivity index (χ2v) is 6.50. The van der Waals surface area contributed by atoms with Crippen molar-refractivity contribution in [1.82, 2.24) is 10.2 Å². The van der Waals surface area contributed by atoms with Crippen molar-refractivity contribution in [3.8, 4) is 0 Å². The standard InChI is InChI=1S/C17H16BrFN2O3/c18-12-5-6-13(19)11(9-12)10-20-16(22)14-3-1-7-21(14)17(23)15-4-2-8-24-15/h2,4-6,8-9,14H,1,3,7,10H2,(H,20,22). The van der Waals surface area contributed by atoms with E-state index in [4.69, 9.17) is 4.42 Å². The van der Waals surface area contributed by atoms with E-state index < -0.39 is 6.04 Å². The van der Waals surface area contributed by atoms with E-state index in [1.807, 2.05) is 0 Å². The van der Waals surface area contributed by atoms with Gasteiger partial charge in [0, 0.05) is 23.1 Å². The molecule has 0 bridgehead atoms. The van der Waals surface area contributed by atoms with Crippen LogP contribution in [0.25, 0.3) is 0 Å². The fourth-order valence-corrected chi connectivity index (χ4v) is 3.21. The summed E-state index contributed by atoms with van der Waals surface area (Å²) in [6, 6.07) is 7.21. The van der Waals surface area contributed by atoms with Gasteiger partial charge in [-0.3, -0.25) is 9.59 Å². The highest BCUT2D eigenvalue weighted by Crippen LogP contribution is 2.21. The molecule has 1 atom stereocenters. The number of nitrogens with one attached hydrogen (secondary N) is 1. The van der Waals surface area contributed by atoms with Crippen LogP contribution < -0.4 is 5.32 Å². The van der Waals surface area contributed by atoms with Crippen molar-refractivity contribution in [3.05, 3.63) is 58.2 Å². The Balaban J connectivity index is 1.65. The lowest BCUT2D eigenvalue weighted by Crippen LogP contribution is -2.45. The Kier molecular flexibility index (Phi) is 4.99. The highest BCUT2D eigenvalue weighted by Gasteiger charge is 2.35. The molecule has 1 N–H and O–H groups in total. The van der Waals surface area contributed by atoms with E-state index in [9.17, 15) is 14.0 Å². The van der Waals surface area contributed by atoms with E-state index in [-0.39, 0.29) is 29.9 Å². The van der Waals surface area contributed by atoms with Crippen LogP contribution in [0.2, 0.25) is 0 Å². The van der Waals surface area contributed by atoms with Crippen LogP contribution in [0.1, 0.15) is 29.0 Å². The Bertz CT molecular complexity index is 748. The van der Waals surface area contributed by atoms with Crippen LogP contribution >= 0.6 is 15.9 Å². The molecular formula is C17H16BrFN2O3. The van der Waals surface area contributed by atoms with Crippen molar-refractivity contribution in [2.24, 2.45) is 0 Å². The fraction of sp³-hybridized carbons (Fsp3) is 0.294. The number of halogens is 2. The Hall–Kier alpha value is -2.15. The van der Waals surface area contributed by atoms with E-state index in [0.29, 0.717) is 18.5 Å². The summed E-state index contributed by atoms with van der Waals surface area (Å²) in [5.41, 5.74) is 0.389. The highest BCUT2D eigenvalue weighted by molar-refractivity contribution is 9.10. The van der Waals surface area contributed by atoms with E-state index in [2.05, 4.69) is 21.2 Å². The Labute approximate surface area is 146 Å². The zero-order valence-electron chi connectivity index (χ0n) is 12.8. The van der Waals surface area contributed by atoms with Gasteiger partial charge in [-0.05, 0) is 43.2 Å². The normalized spacial score (nSPS) is 17.1. The molecule has 7 heteroatoms. The summed E-state index contributed by atoms with van der Waals surface area (Å²) in [5, 5.41) is 2.71. The second kappa shape index (κ2) is 7.17. The molecule has 126 valence electrons. The number of rotatable bonds is 4. The Morgan fingerprint density at radius 1 is 1.38 bits per heavy atom. The molecule has 3 rings (SSSR count). The van der Waals surface area contributed by atoms with Crippen LogP contribution in [-0.4, -0.2) is 29.3 Å². The molecule has 5 nitrogen and oxygen atoms in total. The second-order valence-electron chi connectivity index (χ2n) is 5.59. The summed E-state index contributed by atoms with van der Waals surface area (Å²) in [6.07, 6.45) is 2.75. The Morgan fingerprint density at radius 3 is 2.96 bits per heavy atom. The van der Waals surface area contributed by atoms with E-state index in [1.165, 1.54) is 17.2 Å². The number of furan rings is 1. The first-order valence-corrected chi connectivity index (χ1v) is 8.41. The number of nitrogens with zero attached hydrogens (tertiary/aromatic N) is 1. The van der Waals surface area contributed by atoms with Gasteiger partial charge in [-0.15, -0.1) is 0 Å². The smallest absolute Gasteiger partial charge is 0.290 e. The van der Waals surface area contributed by atoms with Crippen molar-refractivity contribution >= 4 is 27.7 Å². The molecule has 1 aromatic heterocycles. The van der Waals surface area contributed by atoms with Crippen molar-refractivity contribution in [1.29, 1.82) is 0 Å². The van der Waals surface area contributed by atoms with Crippen molar-refractivity contribution < 1.29 is 18.4 Å². The number of benzene rings is 1. The summed E-state index contributed by atoms with van der Waals surface area (Å²) >= 11 is 3.28. The maximum Gasteiger partial charge on any atom is 0.290 e. The number of likely N-dealkylation sites (tertiary alicyclic amines) is 1. The van der Waals surface area contributed by atoms with Gasteiger partial charge < -0.3 is 14.6 Å². The van der Waals surface area contributed by atoms with Gasteiger partial charge in [0.1, 0.15) is 11.9 Å². The van der Waals surface area contributed by atoms with Crippen LogP contribution in [0.3, 0.4) is 0 Å². The van der Waals surface area contributed by atoms with Crippen LogP contribution in [-0.2, 0) is 11.3 Å². The molecule has 2 amide bonds. The lowest BCUT2D eigenvalue weighted by Gasteiger charge is -2.23. The molecule has 1 unspecified atom stereocenters. The molecule has 1 aromatic carbocycles. The molecule has 0 spiro atoms. The zero-order chi connectivity index (χ0) is 17.1. The highest BCUT2D eigenvalue weighted by atomic mass is 79.9. The van der Waals surface area contributed by atoms with E-state index in [1.54, 1.807) is 24.3 Å². The summed E-state index contributed by atoms with van der Waals surface area (Å²) < 4.78 is 19.6. The third-order valence-corrected chi connectivity index (χ3v) is 4.50. The average molecular weight is 395 g/mol. The summed E-state index contributed by atoms with van der Waals surface area (Å²) in [5.74, 6) is -0.751. The van der Waals surface area contributed by atoms with Crippen LogP contribution in [0.5, 0.6) is 0 Å². The summed E-state index contributed by atoms with van der Waals surface area (Å²) in [6.45, 7) is 0.576. The first-order chi connectivity index (χ1) is 11.6. The van der Waals surface area contributed by atoms with E-state index in [0.717, 1.165) is 10.9 Å². The third kappa shape index (κ3) is 3.51. The van der Waals surface area contributed by atoms with Gasteiger partial charge in [-0.1, -0.05) is 15.9 Å². The monoisotopic (exact) mass is 394 g/mol. The lowest BCUT2D eigenvalue weighted by molar-refractivity contribution is -0.125. The topological polar surface area (TPSA) is 62.6 Å². The van der Waals surface area contributed by atoms with Crippen LogP contribution in [0, 0.1) is 5.82 Å². The predicted octanol–water partition coefficient (Wildman–Crippen LogP) is 3.10. The molecule has 2 heterocycles. The van der Waals surface area contributed by atoms with Gasteiger partial charge >= 0.3 is 0 Å². The first kappa shape index (κ1) is 16.7. The van der Waals surface area contributed by atoms with Crippen molar-refractivity contribution in [3.63, 3.8) is 0 Å². The van der Waals surface area contributed by atoms with Gasteiger partial charge in [0.25, 0.3) is 5.91 Å². The maximum atomic E-state index is 13.7. The molecule has 0 saturated carbocycles. The lowest BCUT2D eigenvalue weighted by atomic mass is 10.1. The largest absolute Gasteiger partial charge is 0.459 e. The quantitative estimate of drug-likeness (QED) is 0.866. The van der Waals surface area contributed by atoms with Crippen molar-refractivity contribution in [2.45, 2.75) is 25.4 Å². The summed E-state index contributed by atoms with van der Waals surface area (Å²) in [7, 11) is 0. The molecule has 0 aliphatic carbocycles.